The second-order valence-corrected chi connectivity index (χ2v) is 8.86. The van der Waals surface area contributed by atoms with E-state index in [1.807, 2.05) is 36.4 Å². The number of hydrogen-bond donors (Lipinski definition) is 0. The van der Waals surface area contributed by atoms with Crippen molar-refractivity contribution in [2.24, 2.45) is 0 Å². The SMILES string of the molecule is C=CCN(Cc1ccccc1)C(=O)c1cccc(S(=O)(=O)N(CC)c2ccccc2)c1. The topological polar surface area (TPSA) is 57.7 Å². The Morgan fingerprint density at radius 1 is 0.935 bits per heavy atom. The number of nitrogens with zero attached hydrogens (tertiary/aromatic N) is 2. The summed E-state index contributed by atoms with van der Waals surface area (Å²) in [7, 11) is -3.81. The smallest absolute Gasteiger partial charge is 0.264 e. The van der Waals surface area contributed by atoms with Crippen LogP contribution >= 0.6 is 0 Å². The van der Waals surface area contributed by atoms with Gasteiger partial charge in [-0.1, -0.05) is 60.7 Å². The molecule has 0 bridgehead atoms. The second-order valence-electron chi connectivity index (χ2n) is 6.99. The van der Waals surface area contributed by atoms with Crippen molar-refractivity contribution in [3.8, 4) is 0 Å². The molecule has 31 heavy (non-hydrogen) atoms. The van der Waals surface area contributed by atoms with Crippen LogP contribution in [-0.4, -0.2) is 32.3 Å². The Kier molecular flexibility index (Phi) is 7.26. The molecule has 0 saturated carbocycles. The molecule has 0 heterocycles. The molecule has 0 radical (unpaired) electrons. The zero-order chi connectivity index (χ0) is 22.3. The van der Waals surface area contributed by atoms with Gasteiger partial charge in [-0.25, -0.2) is 8.42 Å². The fraction of sp³-hybridized carbons (Fsp3) is 0.160. The van der Waals surface area contributed by atoms with Gasteiger partial charge in [-0.15, -0.1) is 6.58 Å². The van der Waals surface area contributed by atoms with E-state index >= 15 is 0 Å². The first-order valence-corrected chi connectivity index (χ1v) is 11.5. The van der Waals surface area contributed by atoms with Crippen molar-refractivity contribution in [2.75, 3.05) is 17.4 Å². The van der Waals surface area contributed by atoms with Gasteiger partial charge in [-0.05, 0) is 42.8 Å². The normalized spacial score (nSPS) is 11.0. The van der Waals surface area contributed by atoms with E-state index < -0.39 is 10.0 Å². The minimum Gasteiger partial charge on any atom is -0.331 e. The maximum Gasteiger partial charge on any atom is 0.264 e. The third kappa shape index (κ3) is 5.22. The van der Waals surface area contributed by atoms with Gasteiger partial charge in [0, 0.05) is 25.2 Å². The Morgan fingerprint density at radius 3 is 2.19 bits per heavy atom. The van der Waals surface area contributed by atoms with E-state index in [0.29, 0.717) is 24.3 Å². The molecule has 1 amide bonds. The van der Waals surface area contributed by atoms with Gasteiger partial charge < -0.3 is 4.90 Å². The molecule has 3 aromatic carbocycles. The van der Waals surface area contributed by atoms with Crippen LogP contribution in [0.3, 0.4) is 0 Å². The van der Waals surface area contributed by atoms with Crippen LogP contribution in [0.15, 0.2) is 102 Å². The highest BCUT2D eigenvalue weighted by Gasteiger charge is 2.25. The highest BCUT2D eigenvalue weighted by Crippen LogP contribution is 2.24. The summed E-state index contributed by atoms with van der Waals surface area (Å²) in [5.74, 6) is -0.247. The third-order valence-corrected chi connectivity index (χ3v) is 6.75. The van der Waals surface area contributed by atoms with Crippen molar-refractivity contribution >= 4 is 21.6 Å². The van der Waals surface area contributed by atoms with Crippen molar-refractivity contribution < 1.29 is 13.2 Å². The van der Waals surface area contributed by atoms with E-state index in [1.165, 1.54) is 16.4 Å². The molecule has 0 aliphatic rings. The summed E-state index contributed by atoms with van der Waals surface area (Å²) in [5.41, 5.74) is 1.89. The van der Waals surface area contributed by atoms with Crippen LogP contribution in [0.25, 0.3) is 0 Å². The van der Waals surface area contributed by atoms with Gasteiger partial charge in [-0.2, -0.15) is 0 Å². The van der Waals surface area contributed by atoms with Gasteiger partial charge in [0.2, 0.25) is 0 Å². The molecule has 0 fully saturated rings. The monoisotopic (exact) mass is 434 g/mol. The van der Waals surface area contributed by atoms with Gasteiger partial charge in [0.25, 0.3) is 15.9 Å². The van der Waals surface area contributed by atoms with Crippen LogP contribution in [0, 0.1) is 0 Å². The lowest BCUT2D eigenvalue weighted by atomic mass is 10.1. The number of anilines is 1. The predicted molar refractivity (Wildman–Crippen MR) is 124 cm³/mol. The van der Waals surface area contributed by atoms with Crippen molar-refractivity contribution in [2.45, 2.75) is 18.4 Å². The molecule has 3 rings (SSSR count). The zero-order valence-electron chi connectivity index (χ0n) is 17.5. The number of benzene rings is 3. The molecule has 5 nitrogen and oxygen atoms in total. The largest absolute Gasteiger partial charge is 0.331 e. The Hall–Kier alpha value is -3.38. The van der Waals surface area contributed by atoms with Gasteiger partial charge in [0.15, 0.2) is 0 Å². The maximum atomic E-state index is 13.3. The quantitative estimate of drug-likeness (QED) is 0.458. The molecule has 0 aliphatic heterocycles. The molecule has 0 unspecified atom stereocenters. The molecule has 160 valence electrons. The summed E-state index contributed by atoms with van der Waals surface area (Å²) < 4.78 is 28.0. The number of amides is 1. The van der Waals surface area contributed by atoms with Crippen LogP contribution in [0.2, 0.25) is 0 Å². The summed E-state index contributed by atoms with van der Waals surface area (Å²) in [4.78, 5) is 14.9. The Balaban J connectivity index is 1.92. The van der Waals surface area contributed by atoms with Gasteiger partial charge in [-0.3, -0.25) is 9.10 Å². The van der Waals surface area contributed by atoms with Gasteiger partial charge in [0.05, 0.1) is 10.6 Å². The molecule has 0 N–H and O–H groups in total. The molecule has 0 aliphatic carbocycles. The number of carbonyl (C=O) groups excluding carboxylic acids is 1. The maximum absolute atomic E-state index is 13.3. The second kappa shape index (κ2) is 10.1. The summed E-state index contributed by atoms with van der Waals surface area (Å²) in [6, 6.07) is 24.8. The standard InChI is InChI=1S/C25H26N2O3S/c1-3-18-26(20-21-12-7-5-8-13-21)25(28)22-14-11-17-24(19-22)31(29,30)27(4-2)23-15-9-6-10-16-23/h3,5-17,19H,1,4,18,20H2,2H3. The highest BCUT2D eigenvalue weighted by atomic mass is 32.2. The molecular weight excluding hydrogens is 408 g/mol. The van der Waals surface area contributed by atoms with Crippen LogP contribution in [0.1, 0.15) is 22.8 Å². The van der Waals surface area contributed by atoms with Crippen molar-refractivity contribution in [1.82, 2.24) is 4.90 Å². The van der Waals surface area contributed by atoms with Crippen LogP contribution < -0.4 is 4.31 Å². The highest BCUT2D eigenvalue weighted by molar-refractivity contribution is 7.92. The van der Waals surface area contributed by atoms with E-state index in [-0.39, 0.29) is 17.3 Å². The lowest BCUT2D eigenvalue weighted by Gasteiger charge is -2.24. The Morgan fingerprint density at radius 2 is 1.58 bits per heavy atom. The predicted octanol–water partition coefficient (Wildman–Crippen LogP) is 4.73. The zero-order valence-corrected chi connectivity index (χ0v) is 18.3. The van der Waals surface area contributed by atoms with Gasteiger partial charge >= 0.3 is 0 Å². The molecule has 0 spiro atoms. The molecule has 6 heteroatoms. The fourth-order valence-electron chi connectivity index (χ4n) is 3.36. The van der Waals surface area contributed by atoms with Crippen molar-refractivity contribution in [3.63, 3.8) is 0 Å². The Labute approximate surface area is 184 Å². The number of para-hydroxylation sites is 1. The van der Waals surface area contributed by atoms with E-state index in [4.69, 9.17) is 0 Å². The average molecular weight is 435 g/mol. The lowest BCUT2D eigenvalue weighted by Crippen LogP contribution is -2.32. The molecule has 0 aromatic heterocycles. The Bertz CT molecular complexity index is 1130. The molecule has 3 aromatic rings. The summed E-state index contributed by atoms with van der Waals surface area (Å²) in [6.07, 6.45) is 1.66. The average Bonchev–Trinajstić information content (AvgIpc) is 2.80. The van der Waals surface area contributed by atoms with Gasteiger partial charge in [0.1, 0.15) is 0 Å². The van der Waals surface area contributed by atoms with Crippen LogP contribution in [0.5, 0.6) is 0 Å². The van der Waals surface area contributed by atoms with E-state index in [9.17, 15) is 13.2 Å². The van der Waals surface area contributed by atoms with E-state index in [1.54, 1.807) is 54.3 Å². The fourth-order valence-corrected chi connectivity index (χ4v) is 4.88. The molecule has 0 saturated heterocycles. The number of hydrogen-bond acceptors (Lipinski definition) is 3. The first kappa shape index (κ1) is 22.3. The summed E-state index contributed by atoms with van der Waals surface area (Å²) >= 11 is 0. The summed E-state index contributed by atoms with van der Waals surface area (Å²) in [6.45, 7) is 6.58. The molecular formula is C25H26N2O3S. The van der Waals surface area contributed by atoms with Crippen molar-refractivity contribution in [1.29, 1.82) is 0 Å². The summed E-state index contributed by atoms with van der Waals surface area (Å²) in [5, 5.41) is 0. The van der Waals surface area contributed by atoms with E-state index in [0.717, 1.165) is 5.56 Å². The van der Waals surface area contributed by atoms with Crippen LogP contribution in [-0.2, 0) is 16.6 Å². The minimum atomic E-state index is -3.81. The van der Waals surface area contributed by atoms with Crippen molar-refractivity contribution in [3.05, 3.63) is 109 Å². The number of rotatable bonds is 9. The number of carbonyl (C=O) groups is 1. The first-order chi connectivity index (χ1) is 15.0. The van der Waals surface area contributed by atoms with Crippen LogP contribution in [0.4, 0.5) is 5.69 Å². The molecule has 0 atom stereocenters. The number of sulfonamides is 1. The third-order valence-electron chi connectivity index (χ3n) is 4.85. The minimum absolute atomic E-state index is 0.0855. The first-order valence-electron chi connectivity index (χ1n) is 10.1. The van der Waals surface area contributed by atoms with E-state index in [2.05, 4.69) is 6.58 Å². The lowest BCUT2D eigenvalue weighted by molar-refractivity contribution is 0.0762.